The van der Waals surface area contributed by atoms with Gasteiger partial charge in [-0.25, -0.2) is 4.79 Å². The number of carboxylic acid groups (broad SMARTS) is 2. The lowest BCUT2D eigenvalue weighted by atomic mass is 10.5. The van der Waals surface area contributed by atoms with Crippen molar-refractivity contribution in [3.05, 3.63) is 13.2 Å². The van der Waals surface area contributed by atoms with E-state index in [1.54, 1.807) is 0 Å². The van der Waals surface area contributed by atoms with Crippen molar-refractivity contribution < 1.29 is 15.0 Å². The molecular weight excluding hydrogens is 132 g/mol. The molecule has 1 aliphatic rings. The molecule has 1 saturated carbocycles. The summed E-state index contributed by atoms with van der Waals surface area (Å²) in [7, 11) is 0. The second-order valence-corrected chi connectivity index (χ2v) is 1.97. The van der Waals surface area contributed by atoms with Gasteiger partial charge in [0.1, 0.15) is 0 Å². The lowest BCUT2D eigenvalue weighted by Gasteiger charge is -1.60. The van der Waals surface area contributed by atoms with Crippen LogP contribution in [0.3, 0.4) is 0 Å². The van der Waals surface area contributed by atoms with Gasteiger partial charge < -0.3 is 10.2 Å². The maximum Gasteiger partial charge on any atom is 0.503 e. The van der Waals surface area contributed by atoms with E-state index in [1.165, 1.54) is 12.8 Å². The number of rotatable bonds is 0. The average molecular weight is 146 g/mol. The Morgan fingerprint density at radius 3 is 1.50 bits per heavy atom. The van der Waals surface area contributed by atoms with Gasteiger partial charge in [-0.15, -0.1) is 13.2 Å². The molecule has 0 bridgehead atoms. The van der Waals surface area contributed by atoms with Crippen LogP contribution in [0.1, 0.15) is 19.8 Å². The van der Waals surface area contributed by atoms with Gasteiger partial charge >= 0.3 is 6.16 Å². The minimum Gasteiger partial charge on any atom is -0.450 e. The van der Waals surface area contributed by atoms with Crippen LogP contribution in [0.15, 0.2) is 13.2 Å². The first-order valence-corrected chi connectivity index (χ1v) is 3.05. The Balaban J connectivity index is 0. The van der Waals surface area contributed by atoms with Crippen LogP contribution >= 0.6 is 0 Å². The van der Waals surface area contributed by atoms with Gasteiger partial charge in [-0.1, -0.05) is 19.8 Å². The first-order valence-electron chi connectivity index (χ1n) is 3.05. The van der Waals surface area contributed by atoms with Crippen molar-refractivity contribution in [2.45, 2.75) is 19.8 Å². The number of hydrogen-bond acceptors (Lipinski definition) is 1. The predicted octanol–water partition coefficient (Wildman–Crippen LogP) is 2.44. The lowest BCUT2D eigenvalue weighted by Crippen LogP contribution is -1.81. The summed E-state index contributed by atoms with van der Waals surface area (Å²) in [5.41, 5.74) is 0. The number of carbonyl (C=O) groups is 1. The molecule has 2 N–H and O–H groups in total. The van der Waals surface area contributed by atoms with Crippen molar-refractivity contribution in [3.63, 3.8) is 0 Å². The van der Waals surface area contributed by atoms with E-state index in [9.17, 15) is 0 Å². The molecule has 0 radical (unpaired) electrons. The largest absolute Gasteiger partial charge is 0.503 e. The Morgan fingerprint density at radius 2 is 1.50 bits per heavy atom. The fourth-order valence-electron chi connectivity index (χ4n) is 0.167. The molecule has 1 rings (SSSR count). The van der Waals surface area contributed by atoms with Gasteiger partial charge in [0.05, 0.1) is 0 Å². The van der Waals surface area contributed by atoms with Crippen LogP contribution in [0.5, 0.6) is 0 Å². The lowest BCUT2D eigenvalue weighted by molar-refractivity contribution is 0.137. The topological polar surface area (TPSA) is 57.5 Å². The Bertz CT molecular complexity index is 82.9. The number of hydrogen-bond donors (Lipinski definition) is 2. The van der Waals surface area contributed by atoms with Crippen molar-refractivity contribution in [2.75, 3.05) is 0 Å². The van der Waals surface area contributed by atoms with Gasteiger partial charge in [-0.3, -0.25) is 0 Å². The van der Waals surface area contributed by atoms with Gasteiger partial charge in [-0.2, -0.15) is 0 Å². The molecule has 0 aromatic heterocycles. The van der Waals surface area contributed by atoms with E-state index in [0.29, 0.717) is 0 Å². The molecule has 10 heavy (non-hydrogen) atoms. The molecule has 0 aromatic rings. The molecule has 0 heterocycles. The van der Waals surface area contributed by atoms with E-state index in [4.69, 9.17) is 15.0 Å². The molecule has 3 nitrogen and oxygen atoms in total. The molecule has 0 atom stereocenters. The maximum atomic E-state index is 8.56. The maximum absolute atomic E-state index is 8.56. The molecule has 60 valence electrons. The van der Waals surface area contributed by atoms with Gasteiger partial charge in [0, 0.05) is 0 Å². The Morgan fingerprint density at radius 1 is 1.40 bits per heavy atom. The van der Waals surface area contributed by atoms with Gasteiger partial charge in [-0.05, 0) is 5.92 Å². The highest BCUT2D eigenvalue weighted by atomic mass is 16.6. The zero-order chi connectivity index (χ0) is 8.57. The van der Waals surface area contributed by atoms with Crippen LogP contribution in [0.4, 0.5) is 4.79 Å². The summed E-state index contributed by atoms with van der Waals surface area (Å²) in [6.07, 6.45) is 1.14. The SMILES string of the molecule is C=C.CC1CC1.O=C(O)O. The molecule has 3 heteroatoms. The quantitative estimate of drug-likeness (QED) is 0.516. The summed E-state index contributed by atoms with van der Waals surface area (Å²) in [5, 5.41) is 13.9. The highest BCUT2D eigenvalue weighted by molar-refractivity contribution is 5.53. The highest BCUT2D eigenvalue weighted by Gasteiger charge is 2.12. The van der Waals surface area contributed by atoms with E-state index < -0.39 is 6.16 Å². The standard InChI is InChI=1S/C4H8.C2H4.CH2O3/c1-4-2-3-4;1-2;2-1(3)4/h4H,2-3H2,1H3;1-2H2;(H2,2,3,4). The molecular formula is C7H14O3. The van der Waals surface area contributed by atoms with E-state index >= 15 is 0 Å². The summed E-state index contributed by atoms with van der Waals surface area (Å²) >= 11 is 0. The smallest absolute Gasteiger partial charge is 0.450 e. The summed E-state index contributed by atoms with van der Waals surface area (Å²) in [6.45, 7) is 8.28. The Labute approximate surface area is 61.0 Å². The summed E-state index contributed by atoms with van der Waals surface area (Å²) in [5.74, 6) is 1.08. The van der Waals surface area contributed by atoms with Crippen LogP contribution < -0.4 is 0 Å². The third-order valence-corrected chi connectivity index (χ3v) is 0.866. The molecule has 0 aliphatic heterocycles. The van der Waals surface area contributed by atoms with E-state index in [0.717, 1.165) is 5.92 Å². The second kappa shape index (κ2) is 8.01. The summed E-state index contributed by atoms with van der Waals surface area (Å²) in [6, 6.07) is 0. The normalized spacial score (nSPS) is 13.3. The molecule has 0 spiro atoms. The molecule has 1 fully saturated rings. The second-order valence-electron chi connectivity index (χ2n) is 1.97. The third kappa shape index (κ3) is 62.7. The van der Waals surface area contributed by atoms with E-state index in [2.05, 4.69) is 20.1 Å². The zero-order valence-electron chi connectivity index (χ0n) is 6.21. The highest BCUT2D eigenvalue weighted by Crippen LogP contribution is 2.26. The Kier molecular flexibility index (Phi) is 9.42. The minimum atomic E-state index is -1.83. The van der Waals surface area contributed by atoms with Crippen molar-refractivity contribution >= 4 is 6.16 Å². The van der Waals surface area contributed by atoms with Crippen molar-refractivity contribution in [1.29, 1.82) is 0 Å². The van der Waals surface area contributed by atoms with Gasteiger partial charge in [0.15, 0.2) is 0 Å². The fraction of sp³-hybridized carbons (Fsp3) is 0.571. The van der Waals surface area contributed by atoms with Crippen molar-refractivity contribution in [2.24, 2.45) is 5.92 Å². The molecule has 0 amide bonds. The van der Waals surface area contributed by atoms with Crippen LogP contribution in [0.2, 0.25) is 0 Å². The van der Waals surface area contributed by atoms with Crippen LogP contribution in [0, 0.1) is 5.92 Å². The minimum absolute atomic E-state index is 1.08. The first-order chi connectivity index (χ1) is 4.63. The van der Waals surface area contributed by atoms with E-state index in [1.807, 2.05) is 0 Å². The average Bonchev–Trinajstić information content (AvgIpc) is 2.55. The van der Waals surface area contributed by atoms with Gasteiger partial charge in [0.25, 0.3) is 0 Å². The first kappa shape index (κ1) is 11.8. The summed E-state index contributed by atoms with van der Waals surface area (Å²) in [4.78, 5) is 8.56. The van der Waals surface area contributed by atoms with E-state index in [-0.39, 0.29) is 0 Å². The van der Waals surface area contributed by atoms with Crippen molar-refractivity contribution in [3.8, 4) is 0 Å². The van der Waals surface area contributed by atoms with Crippen LogP contribution in [-0.4, -0.2) is 16.4 Å². The molecule has 0 unspecified atom stereocenters. The Hall–Kier alpha value is -0.990. The van der Waals surface area contributed by atoms with Gasteiger partial charge in [0.2, 0.25) is 0 Å². The van der Waals surface area contributed by atoms with Crippen molar-refractivity contribution in [1.82, 2.24) is 0 Å². The predicted molar refractivity (Wildman–Crippen MR) is 40.3 cm³/mol. The third-order valence-electron chi connectivity index (χ3n) is 0.866. The fourth-order valence-corrected chi connectivity index (χ4v) is 0.167. The monoisotopic (exact) mass is 146 g/mol. The molecule has 0 aromatic carbocycles. The van der Waals surface area contributed by atoms with Crippen LogP contribution in [-0.2, 0) is 0 Å². The van der Waals surface area contributed by atoms with Crippen LogP contribution in [0.25, 0.3) is 0 Å². The zero-order valence-corrected chi connectivity index (χ0v) is 6.21. The molecule has 0 saturated heterocycles. The molecule has 1 aliphatic carbocycles. The summed E-state index contributed by atoms with van der Waals surface area (Å²) < 4.78 is 0.